The summed E-state index contributed by atoms with van der Waals surface area (Å²) in [5, 5.41) is 4.18. The van der Waals surface area contributed by atoms with Gasteiger partial charge in [0.1, 0.15) is 5.60 Å². The molecule has 1 aliphatic carbocycles. The van der Waals surface area contributed by atoms with Gasteiger partial charge < -0.3 is 4.84 Å². The molecule has 2 atom stereocenters. The van der Waals surface area contributed by atoms with Crippen molar-refractivity contribution in [3.63, 3.8) is 0 Å². The van der Waals surface area contributed by atoms with Crippen LogP contribution in [-0.2, 0) is 4.84 Å². The minimum Gasteiger partial charge on any atom is -0.389 e. The van der Waals surface area contributed by atoms with Crippen LogP contribution in [0.4, 0.5) is 0 Å². The molecule has 0 saturated heterocycles. The zero-order chi connectivity index (χ0) is 8.77. The third kappa shape index (κ3) is 1.13. The molecule has 0 bridgehead atoms. The first kappa shape index (κ1) is 8.09. The number of hydrogen-bond acceptors (Lipinski definition) is 2. The van der Waals surface area contributed by atoms with Gasteiger partial charge >= 0.3 is 0 Å². The number of nitrogens with zero attached hydrogens (tertiary/aromatic N) is 1. The Bertz CT molecular complexity index is 220. The molecule has 0 radical (unpaired) electrons. The van der Waals surface area contributed by atoms with E-state index in [-0.39, 0.29) is 5.60 Å². The van der Waals surface area contributed by atoms with E-state index in [1.807, 2.05) is 0 Å². The van der Waals surface area contributed by atoms with Crippen LogP contribution in [0.15, 0.2) is 5.16 Å². The third-order valence-electron chi connectivity index (χ3n) is 3.15. The van der Waals surface area contributed by atoms with Crippen LogP contribution in [0.2, 0.25) is 0 Å². The molecule has 1 saturated carbocycles. The Morgan fingerprint density at radius 1 is 1.42 bits per heavy atom. The molecule has 0 aromatic rings. The minimum absolute atomic E-state index is 0.0323. The van der Waals surface area contributed by atoms with E-state index in [2.05, 4.69) is 25.9 Å². The van der Waals surface area contributed by atoms with Crippen LogP contribution in [0.25, 0.3) is 0 Å². The van der Waals surface area contributed by atoms with E-state index in [1.54, 1.807) is 0 Å². The summed E-state index contributed by atoms with van der Waals surface area (Å²) in [6.45, 7) is 6.58. The van der Waals surface area contributed by atoms with E-state index in [0.717, 1.165) is 12.3 Å². The second kappa shape index (κ2) is 2.48. The van der Waals surface area contributed by atoms with Crippen molar-refractivity contribution in [2.45, 2.75) is 45.6 Å². The summed E-state index contributed by atoms with van der Waals surface area (Å²) in [4.78, 5) is 5.42. The topological polar surface area (TPSA) is 21.6 Å². The smallest absolute Gasteiger partial charge is 0.140 e. The summed E-state index contributed by atoms with van der Waals surface area (Å²) in [6, 6.07) is 0. The summed E-state index contributed by atoms with van der Waals surface area (Å²) >= 11 is 0. The van der Waals surface area contributed by atoms with Crippen LogP contribution in [0.3, 0.4) is 0 Å². The highest BCUT2D eigenvalue weighted by Crippen LogP contribution is 2.39. The maximum atomic E-state index is 5.42. The first-order valence-electron chi connectivity index (χ1n) is 4.84. The summed E-state index contributed by atoms with van der Waals surface area (Å²) in [5.74, 6) is 1.39. The van der Waals surface area contributed by atoms with E-state index >= 15 is 0 Å². The van der Waals surface area contributed by atoms with Crippen LogP contribution in [0, 0.1) is 11.8 Å². The molecule has 1 fully saturated rings. The standard InChI is InChI=1S/C10H17NO/c1-7-4-5-8-9(6-7)11-12-10(8,2)3/h7-8H,4-6H2,1-3H3/t7-,8?/m0/s1. The van der Waals surface area contributed by atoms with Gasteiger partial charge in [-0.05, 0) is 39.0 Å². The second-order valence-corrected chi connectivity index (χ2v) is 4.72. The predicted molar refractivity (Wildman–Crippen MR) is 49.1 cm³/mol. The molecular formula is C10H17NO. The number of rotatable bonds is 0. The van der Waals surface area contributed by atoms with Gasteiger partial charge in [0.25, 0.3) is 0 Å². The first-order chi connectivity index (χ1) is 5.59. The van der Waals surface area contributed by atoms with E-state index in [1.165, 1.54) is 18.6 Å². The third-order valence-corrected chi connectivity index (χ3v) is 3.15. The van der Waals surface area contributed by atoms with Gasteiger partial charge in [-0.1, -0.05) is 12.1 Å². The highest BCUT2D eigenvalue weighted by atomic mass is 16.7. The molecule has 2 heteroatoms. The van der Waals surface area contributed by atoms with Gasteiger partial charge in [0.2, 0.25) is 0 Å². The molecule has 2 rings (SSSR count). The van der Waals surface area contributed by atoms with Crippen molar-refractivity contribution < 1.29 is 4.84 Å². The maximum absolute atomic E-state index is 5.42. The monoisotopic (exact) mass is 167 g/mol. The lowest BCUT2D eigenvalue weighted by molar-refractivity contribution is -0.0174. The molecule has 68 valence electrons. The Labute approximate surface area is 74.0 Å². The van der Waals surface area contributed by atoms with Crippen LogP contribution in [0.5, 0.6) is 0 Å². The fourth-order valence-corrected chi connectivity index (χ4v) is 2.31. The lowest BCUT2D eigenvalue weighted by Gasteiger charge is -2.30. The van der Waals surface area contributed by atoms with Crippen LogP contribution < -0.4 is 0 Å². The molecule has 0 aromatic carbocycles. The molecule has 1 unspecified atom stereocenters. The number of fused-ring (bicyclic) bond motifs is 1. The van der Waals surface area contributed by atoms with Gasteiger partial charge in [-0.25, -0.2) is 0 Å². The normalized spacial score (nSPS) is 38.4. The summed E-state index contributed by atoms with van der Waals surface area (Å²) in [6.07, 6.45) is 3.73. The molecule has 2 aliphatic rings. The van der Waals surface area contributed by atoms with Gasteiger partial charge in [0.05, 0.1) is 5.71 Å². The average molecular weight is 167 g/mol. The Hall–Kier alpha value is -0.530. The van der Waals surface area contributed by atoms with E-state index in [0.29, 0.717) is 5.92 Å². The van der Waals surface area contributed by atoms with Crippen molar-refractivity contribution in [2.75, 3.05) is 0 Å². The lowest BCUT2D eigenvalue weighted by Crippen LogP contribution is -2.35. The molecule has 0 N–H and O–H groups in total. The first-order valence-corrected chi connectivity index (χ1v) is 4.84. The Morgan fingerprint density at radius 2 is 2.17 bits per heavy atom. The van der Waals surface area contributed by atoms with E-state index < -0.39 is 0 Å². The lowest BCUT2D eigenvalue weighted by atomic mass is 9.75. The summed E-state index contributed by atoms with van der Waals surface area (Å²) < 4.78 is 0. The quantitative estimate of drug-likeness (QED) is 0.543. The van der Waals surface area contributed by atoms with E-state index in [4.69, 9.17) is 4.84 Å². The van der Waals surface area contributed by atoms with Gasteiger partial charge in [0.15, 0.2) is 0 Å². The van der Waals surface area contributed by atoms with Gasteiger partial charge in [-0.2, -0.15) is 0 Å². The minimum atomic E-state index is -0.0323. The highest BCUT2D eigenvalue weighted by molar-refractivity contribution is 5.89. The molecule has 1 heterocycles. The molecule has 12 heavy (non-hydrogen) atoms. The van der Waals surface area contributed by atoms with Gasteiger partial charge in [-0.15, -0.1) is 0 Å². The molecular weight excluding hydrogens is 150 g/mol. The Kier molecular flexibility index (Phi) is 1.67. The second-order valence-electron chi connectivity index (χ2n) is 4.72. The maximum Gasteiger partial charge on any atom is 0.140 e. The highest BCUT2D eigenvalue weighted by Gasteiger charge is 2.43. The van der Waals surface area contributed by atoms with Crippen molar-refractivity contribution in [3.05, 3.63) is 0 Å². The molecule has 1 aliphatic heterocycles. The van der Waals surface area contributed by atoms with E-state index in [9.17, 15) is 0 Å². The van der Waals surface area contributed by atoms with Gasteiger partial charge in [0, 0.05) is 5.92 Å². The SMILES string of the molecule is C[C@H]1CCC2C(=NOC2(C)C)C1. The summed E-state index contributed by atoms with van der Waals surface area (Å²) in [5.41, 5.74) is 1.27. The molecule has 0 amide bonds. The van der Waals surface area contributed by atoms with Crippen molar-refractivity contribution in [1.29, 1.82) is 0 Å². The van der Waals surface area contributed by atoms with Crippen LogP contribution >= 0.6 is 0 Å². The number of hydrogen-bond donors (Lipinski definition) is 0. The van der Waals surface area contributed by atoms with Crippen LogP contribution in [-0.4, -0.2) is 11.3 Å². The van der Waals surface area contributed by atoms with Crippen molar-refractivity contribution >= 4 is 5.71 Å². The summed E-state index contributed by atoms with van der Waals surface area (Å²) in [7, 11) is 0. The zero-order valence-corrected chi connectivity index (χ0v) is 8.13. The average Bonchev–Trinajstić information content (AvgIpc) is 2.27. The van der Waals surface area contributed by atoms with Crippen molar-refractivity contribution in [3.8, 4) is 0 Å². The van der Waals surface area contributed by atoms with Gasteiger partial charge in [-0.3, -0.25) is 0 Å². The zero-order valence-electron chi connectivity index (χ0n) is 8.13. The van der Waals surface area contributed by atoms with Crippen molar-refractivity contribution in [1.82, 2.24) is 0 Å². The molecule has 2 nitrogen and oxygen atoms in total. The predicted octanol–water partition coefficient (Wildman–Crippen LogP) is 2.59. The largest absolute Gasteiger partial charge is 0.389 e. The Morgan fingerprint density at radius 3 is 2.92 bits per heavy atom. The van der Waals surface area contributed by atoms with Crippen LogP contribution in [0.1, 0.15) is 40.0 Å². The fourth-order valence-electron chi connectivity index (χ4n) is 2.31. The van der Waals surface area contributed by atoms with Crippen molar-refractivity contribution in [2.24, 2.45) is 17.0 Å². The fraction of sp³-hybridized carbons (Fsp3) is 0.900. The molecule has 0 spiro atoms. The number of oxime groups is 1. The Balaban J connectivity index is 2.15. The molecule has 0 aromatic heterocycles.